The van der Waals surface area contributed by atoms with E-state index in [2.05, 4.69) is 25.1 Å². The molecule has 0 spiro atoms. The lowest BCUT2D eigenvalue weighted by Gasteiger charge is -2.42. The molecule has 0 radical (unpaired) electrons. The van der Waals surface area contributed by atoms with Crippen LogP contribution in [0.25, 0.3) is 10.9 Å². The van der Waals surface area contributed by atoms with Crippen LogP contribution in [0.2, 0.25) is 0 Å². The van der Waals surface area contributed by atoms with Crippen LogP contribution in [0.4, 0.5) is 11.5 Å². The number of nitrogens with two attached hydrogens (primary N) is 1. The van der Waals surface area contributed by atoms with Crippen molar-refractivity contribution < 1.29 is 4.74 Å². The van der Waals surface area contributed by atoms with Gasteiger partial charge in [-0.3, -0.25) is 4.90 Å². The maximum absolute atomic E-state index is 5.98. The Bertz CT molecular complexity index is 870. The van der Waals surface area contributed by atoms with E-state index in [1.165, 1.54) is 58.2 Å². The van der Waals surface area contributed by atoms with Crippen LogP contribution in [0.1, 0.15) is 38.5 Å². The van der Waals surface area contributed by atoms with Gasteiger partial charge in [-0.25, -0.2) is 9.97 Å². The Morgan fingerprint density at radius 2 is 1.72 bits per heavy atom. The number of fused-ring (bicyclic) bond motifs is 1. The number of aromatic nitrogens is 2. The Labute approximate surface area is 191 Å². The molecule has 3 fully saturated rings. The summed E-state index contributed by atoms with van der Waals surface area (Å²) in [6.45, 7) is 8.91. The van der Waals surface area contributed by atoms with Crippen LogP contribution in [-0.4, -0.2) is 78.3 Å². The van der Waals surface area contributed by atoms with E-state index < -0.39 is 0 Å². The highest BCUT2D eigenvalue weighted by Gasteiger charge is 2.29. The Kier molecular flexibility index (Phi) is 7.05. The fraction of sp³-hybridized carbons (Fsp3) is 0.680. The number of nitrogen functional groups attached to an aromatic ring is 1. The zero-order valence-corrected chi connectivity index (χ0v) is 19.2. The van der Waals surface area contributed by atoms with Gasteiger partial charge in [-0.1, -0.05) is 0 Å². The SMILES string of the molecule is Nc1ccc2ncnc(NCC3CCC(N4CCC(CN5CCOCC5)CC4)CC3)c2c1. The van der Waals surface area contributed by atoms with Gasteiger partial charge in [0.1, 0.15) is 12.1 Å². The van der Waals surface area contributed by atoms with E-state index in [0.717, 1.165) is 73.1 Å². The van der Waals surface area contributed by atoms with Crippen molar-refractivity contribution in [3.05, 3.63) is 24.5 Å². The molecule has 2 aliphatic heterocycles. The summed E-state index contributed by atoms with van der Waals surface area (Å²) in [5.74, 6) is 2.50. The molecule has 0 bridgehead atoms. The predicted molar refractivity (Wildman–Crippen MR) is 130 cm³/mol. The third-order valence-corrected chi connectivity index (χ3v) is 7.82. The summed E-state index contributed by atoms with van der Waals surface area (Å²) in [4.78, 5) is 14.2. The van der Waals surface area contributed by atoms with Crippen molar-refractivity contribution in [2.45, 2.75) is 44.6 Å². The maximum atomic E-state index is 5.98. The summed E-state index contributed by atoms with van der Waals surface area (Å²) in [6, 6.07) is 6.62. The van der Waals surface area contributed by atoms with Crippen molar-refractivity contribution in [2.24, 2.45) is 11.8 Å². The van der Waals surface area contributed by atoms with Crippen molar-refractivity contribution in [3.8, 4) is 0 Å². The van der Waals surface area contributed by atoms with Gasteiger partial charge in [0.25, 0.3) is 0 Å². The topological polar surface area (TPSA) is 79.5 Å². The molecule has 2 saturated heterocycles. The molecule has 7 heteroatoms. The van der Waals surface area contributed by atoms with Gasteiger partial charge in [-0.2, -0.15) is 0 Å². The predicted octanol–water partition coefficient (Wildman–Crippen LogP) is 3.23. The first-order valence-electron chi connectivity index (χ1n) is 12.5. The van der Waals surface area contributed by atoms with Crippen LogP contribution >= 0.6 is 0 Å². The molecular formula is C25H38N6O. The Morgan fingerprint density at radius 1 is 0.938 bits per heavy atom. The van der Waals surface area contributed by atoms with Gasteiger partial charge in [0, 0.05) is 43.3 Å². The fourth-order valence-electron chi connectivity index (χ4n) is 5.82. The molecule has 0 unspecified atom stereocenters. The number of benzene rings is 1. The second-order valence-corrected chi connectivity index (χ2v) is 9.95. The van der Waals surface area contributed by atoms with E-state index in [9.17, 15) is 0 Å². The van der Waals surface area contributed by atoms with Crippen molar-refractivity contribution in [3.63, 3.8) is 0 Å². The van der Waals surface area contributed by atoms with Crippen molar-refractivity contribution in [1.29, 1.82) is 0 Å². The number of hydrogen-bond acceptors (Lipinski definition) is 7. The largest absolute Gasteiger partial charge is 0.399 e. The summed E-state index contributed by atoms with van der Waals surface area (Å²) in [6.07, 6.45) is 9.63. The molecule has 2 aromatic rings. The van der Waals surface area contributed by atoms with Gasteiger partial charge >= 0.3 is 0 Å². The minimum Gasteiger partial charge on any atom is -0.399 e. The molecule has 3 aliphatic rings. The molecule has 1 aliphatic carbocycles. The van der Waals surface area contributed by atoms with Crippen LogP contribution in [0.3, 0.4) is 0 Å². The number of rotatable bonds is 6. The van der Waals surface area contributed by atoms with Crippen LogP contribution in [0.15, 0.2) is 24.5 Å². The summed E-state index contributed by atoms with van der Waals surface area (Å²) >= 11 is 0. The molecule has 1 aromatic heterocycles. The van der Waals surface area contributed by atoms with Crippen molar-refractivity contribution in [2.75, 3.05) is 63.5 Å². The number of nitrogens with zero attached hydrogens (tertiary/aromatic N) is 4. The highest BCUT2D eigenvalue weighted by molar-refractivity contribution is 5.91. The van der Waals surface area contributed by atoms with Crippen LogP contribution in [0.5, 0.6) is 0 Å². The third-order valence-electron chi connectivity index (χ3n) is 7.82. The first-order chi connectivity index (χ1) is 15.7. The second-order valence-electron chi connectivity index (χ2n) is 9.95. The molecular weight excluding hydrogens is 400 g/mol. The first kappa shape index (κ1) is 21.9. The van der Waals surface area contributed by atoms with Crippen LogP contribution in [-0.2, 0) is 4.74 Å². The number of morpholine rings is 1. The lowest BCUT2D eigenvalue weighted by Crippen LogP contribution is -2.46. The maximum Gasteiger partial charge on any atom is 0.137 e. The zero-order chi connectivity index (χ0) is 21.8. The standard InChI is InChI=1S/C25H38N6O/c26-21-3-6-24-23(15-21)25(29-18-28-24)27-16-19-1-4-22(5-2-19)31-9-7-20(8-10-31)17-30-11-13-32-14-12-30/h3,6,15,18-20,22H,1-2,4-5,7-14,16-17,26H2,(H,27,28,29). The number of anilines is 2. The van der Waals surface area contributed by atoms with Gasteiger partial charge in [0.15, 0.2) is 0 Å². The van der Waals surface area contributed by atoms with Crippen LogP contribution in [0, 0.1) is 11.8 Å². The first-order valence-corrected chi connectivity index (χ1v) is 12.5. The number of likely N-dealkylation sites (tertiary alicyclic amines) is 1. The lowest BCUT2D eigenvalue weighted by molar-refractivity contribution is 0.0203. The molecule has 7 nitrogen and oxygen atoms in total. The number of ether oxygens (including phenoxy) is 1. The van der Waals surface area contributed by atoms with Gasteiger partial charge in [-0.05, 0) is 81.6 Å². The lowest BCUT2D eigenvalue weighted by atomic mass is 9.84. The van der Waals surface area contributed by atoms with Crippen LogP contribution < -0.4 is 11.1 Å². The summed E-state index contributed by atoms with van der Waals surface area (Å²) in [7, 11) is 0. The summed E-state index contributed by atoms with van der Waals surface area (Å²) < 4.78 is 5.49. The van der Waals surface area contributed by atoms with E-state index in [0.29, 0.717) is 0 Å². The Morgan fingerprint density at radius 3 is 2.50 bits per heavy atom. The normalized spacial score (nSPS) is 26.4. The fourth-order valence-corrected chi connectivity index (χ4v) is 5.82. The Hall–Kier alpha value is -1.96. The molecule has 174 valence electrons. The molecule has 3 heterocycles. The number of piperidine rings is 1. The van der Waals surface area contributed by atoms with Crippen molar-refractivity contribution in [1.82, 2.24) is 19.8 Å². The highest BCUT2D eigenvalue weighted by atomic mass is 16.5. The molecule has 1 aromatic carbocycles. The molecule has 3 N–H and O–H groups in total. The number of hydrogen-bond donors (Lipinski definition) is 2. The number of nitrogens with one attached hydrogen (secondary N) is 1. The van der Waals surface area contributed by atoms with E-state index in [1.807, 2.05) is 18.2 Å². The van der Waals surface area contributed by atoms with Gasteiger partial charge < -0.3 is 20.7 Å². The molecule has 1 saturated carbocycles. The smallest absolute Gasteiger partial charge is 0.137 e. The van der Waals surface area contributed by atoms with E-state index in [4.69, 9.17) is 10.5 Å². The molecule has 0 atom stereocenters. The minimum absolute atomic E-state index is 0.719. The summed E-state index contributed by atoms with van der Waals surface area (Å²) in [5.41, 5.74) is 7.67. The highest BCUT2D eigenvalue weighted by Crippen LogP contribution is 2.31. The van der Waals surface area contributed by atoms with E-state index >= 15 is 0 Å². The van der Waals surface area contributed by atoms with E-state index in [-0.39, 0.29) is 0 Å². The summed E-state index contributed by atoms with van der Waals surface area (Å²) in [5, 5.41) is 4.60. The molecule has 32 heavy (non-hydrogen) atoms. The average molecular weight is 439 g/mol. The molecule has 5 rings (SSSR count). The van der Waals surface area contributed by atoms with Crippen molar-refractivity contribution >= 4 is 22.4 Å². The quantitative estimate of drug-likeness (QED) is 0.670. The third kappa shape index (κ3) is 5.33. The van der Waals surface area contributed by atoms with Gasteiger partial charge in [0.05, 0.1) is 18.7 Å². The molecule has 0 amide bonds. The van der Waals surface area contributed by atoms with Gasteiger partial charge in [-0.15, -0.1) is 0 Å². The second kappa shape index (κ2) is 10.3. The zero-order valence-electron chi connectivity index (χ0n) is 19.2. The average Bonchev–Trinajstić information content (AvgIpc) is 2.84. The van der Waals surface area contributed by atoms with Gasteiger partial charge in [0.2, 0.25) is 0 Å². The van der Waals surface area contributed by atoms with E-state index in [1.54, 1.807) is 6.33 Å². The Balaban J connectivity index is 1.05. The minimum atomic E-state index is 0.719. The monoisotopic (exact) mass is 438 g/mol.